The SMILES string of the molecule is NC(CO)Cc1cccc(-c2ccc(Cl)cc2)n1. The van der Waals surface area contributed by atoms with E-state index in [0.29, 0.717) is 11.4 Å². The van der Waals surface area contributed by atoms with Gasteiger partial charge in [0.2, 0.25) is 0 Å². The average Bonchev–Trinajstić information content (AvgIpc) is 2.40. The van der Waals surface area contributed by atoms with Gasteiger partial charge in [-0.05, 0) is 24.3 Å². The van der Waals surface area contributed by atoms with Crippen LogP contribution in [-0.4, -0.2) is 22.7 Å². The molecule has 1 heterocycles. The molecule has 1 unspecified atom stereocenters. The molecule has 0 saturated carbocycles. The third kappa shape index (κ3) is 3.29. The first kappa shape index (κ1) is 13.0. The third-order valence-corrected chi connectivity index (χ3v) is 2.90. The fraction of sp³-hybridized carbons (Fsp3) is 0.214. The summed E-state index contributed by atoms with van der Waals surface area (Å²) in [6.45, 7) is -0.0349. The Labute approximate surface area is 111 Å². The number of nitrogens with two attached hydrogens (primary N) is 1. The molecule has 2 aromatic rings. The number of aromatic nitrogens is 1. The number of aliphatic hydroxyl groups is 1. The van der Waals surface area contributed by atoms with Crippen LogP contribution in [0, 0.1) is 0 Å². The number of rotatable bonds is 4. The number of hydrogen-bond acceptors (Lipinski definition) is 3. The summed E-state index contributed by atoms with van der Waals surface area (Å²) in [5.74, 6) is 0. The quantitative estimate of drug-likeness (QED) is 0.889. The van der Waals surface area contributed by atoms with Crippen LogP contribution < -0.4 is 5.73 Å². The minimum atomic E-state index is -0.266. The van der Waals surface area contributed by atoms with Crippen molar-refractivity contribution in [1.82, 2.24) is 4.98 Å². The zero-order valence-electron chi connectivity index (χ0n) is 9.88. The van der Waals surface area contributed by atoms with Crippen molar-refractivity contribution in [3.63, 3.8) is 0 Å². The molecule has 3 N–H and O–H groups in total. The minimum absolute atomic E-state index is 0.0349. The molecule has 1 atom stereocenters. The molecule has 1 aromatic heterocycles. The van der Waals surface area contributed by atoms with Crippen LogP contribution in [0.3, 0.4) is 0 Å². The molecule has 4 heteroatoms. The standard InChI is InChI=1S/C14H15ClN2O/c15-11-6-4-10(5-7-11)14-3-1-2-13(17-14)8-12(16)9-18/h1-7,12,18H,8-9,16H2. The molecule has 0 spiro atoms. The summed E-state index contributed by atoms with van der Waals surface area (Å²) in [5.41, 5.74) is 8.48. The van der Waals surface area contributed by atoms with E-state index >= 15 is 0 Å². The topological polar surface area (TPSA) is 59.1 Å². The lowest BCUT2D eigenvalue weighted by Gasteiger charge is -2.08. The van der Waals surface area contributed by atoms with Gasteiger partial charge < -0.3 is 10.8 Å². The molecule has 2 rings (SSSR count). The molecule has 1 aromatic carbocycles. The lowest BCUT2D eigenvalue weighted by molar-refractivity contribution is 0.264. The Hall–Kier alpha value is -1.42. The van der Waals surface area contributed by atoms with E-state index < -0.39 is 0 Å². The van der Waals surface area contributed by atoms with Gasteiger partial charge in [0.15, 0.2) is 0 Å². The largest absolute Gasteiger partial charge is 0.395 e. The first-order valence-electron chi connectivity index (χ1n) is 5.77. The summed E-state index contributed by atoms with van der Waals surface area (Å²) in [5, 5.41) is 9.65. The summed E-state index contributed by atoms with van der Waals surface area (Å²) >= 11 is 5.85. The Balaban J connectivity index is 2.24. The lowest BCUT2D eigenvalue weighted by atomic mass is 10.1. The highest BCUT2D eigenvalue weighted by Crippen LogP contribution is 2.20. The molecule has 0 amide bonds. The van der Waals surface area contributed by atoms with Crippen molar-refractivity contribution in [2.45, 2.75) is 12.5 Å². The van der Waals surface area contributed by atoms with Crippen LogP contribution in [0.5, 0.6) is 0 Å². The molecule has 0 aliphatic carbocycles. The Morgan fingerprint density at radius 2 is 1.89 bits per heavy atom. The van der Waals surface area contributed by atoms with Crippen molar-refractivity contribution in [2.75, 3.05) is 6.61 Å². The molecule has 0 aliphatic rings. The van der Waals surface area contributed by atoms with Crippen LogP contribution in [0.2, 0.25) is 5.02 Å². The second-order valence-electron chi connectivity index (χ2n) is 4.17. The maximum Gasteiger partial charge on any atom is 0.0705 e. The smallest absolute Gasteiger partial charge is 0.0705 e. The Kier molecular flexibility index (Phi) is 4.31. The van der Waals surface area contributed by atoms with Crippen LogP contribution in [0.25, 0.3) is 11.3 Å². The van der Waals surface area contributed by atoms with Crippen molar-refractivity contribution >= 4 is 11.6 Å². The predicted molar refractivity (Wildman–Crippen MR) is 73.4 cm³/mol. The maximum absolute atomic E-state index is 8.95. The van der Waals surface area contributed by atoms with Gasteiger partial charge in [0.1, 0.15) is 0 Å². The number of benzene rings is 1. The van der Waals surface area contributed by atoms with Gasteiger partial charge in [0, 0.05) is 28.7 Å². The highest BCUT2D eigenvalue weighted by molar-refractivity contribution is 6.30. The zero-order valence-corrected chi connectivity index (χ0v) is 10.6. The molecule has 0 bridgehead atoms. The molecule has 0 aliphatic heterocycles. The summed E-state index contributed by atoms with van der Waals surface area (Å²) in [7, 11) is 0. The van der Waals surface area contributed by atoms with E-state index in [9.17, 15) is 0 Å². The molecule has 94 valence electrons. The monoisotopic (exact) mass is 262 g/mol. The lowest BCUT2D eigenvalue weighted by Crippen LogP contribution is -2.27. The number of hydrogen-bond donors (Lipinski definition) is 2. The van der Waals surface area contributed by atoms with E-state index in [1.807, 2.05) is 42.5 Å². The second kappa shape index (κ2) is 5.96. The van der Waals surface area contributed by atoms with Crippen LogP contribution in [0.15, 0.2) is 42.5 Å². The van der Waals surface area contributed by atoms with Crippen molar-refractivity contribution in [3.05, 3.63) is 53.2 Å². The van der Waals surface area contributed by atoms with Crippen molar-refractivity contribution in [3.8, 4) is 11.3 Å². The summed E-state index contributed by atoms with van der Waals surface area (Å²) in [6.07, 6.45) is 0.567. The van der Waals surface area contributed by atoms with Gasteiger partial charge in [-0.25, -0.2) is 0 Å². The Bertz CT molecular complexity index is 513. The van der Waals surface area contributed by atoms with E-state index in [-0.39, 0.29) is 12.6 Å². The summed E-state index contributed by atoms with van der Waals surface area (Å²) < 4.78 is 0. The molecule has 0 fully saturated rings. The van der Waals surface area contributed by atoms with Crippen molar-refractivity contribution in [2.24, 2.45) is 5.73 Å². The number of aliphatic hydroxyl groups excluding tert-OH is 1. The summed E-state index contributed by atoms with van der Waals surface area (Å²) in [6, 6.07) is 13.1. The fourth-order valence-electron chi connectivity index (χ4n) is 1.71. The highest BCUT2D eigenvalue weighted by atomic mass is 35.5. The van der Waals surface area contributed by atoms with E-state index in [0.717, 1.165) is 17.0 Å². The van der Waals surface area contributed by atoms with Crippen molar-refractivity contribution in [1.29, 1.82) is 0 Å². The first-order chi connectivity index (χ1) is 8.69. The molecular formula is C14H15ClN2O. The average molecular weight is 263 g/mol. The van der Waals surface area contributed by atoms with Gasteiger partial charge in [0.25, 0.3) is 0 Å². The van der Waals surface area contributed by atoms with E-state index in [4.69, 9.17) is 22.4 Å². The van der Waals surface area contributed by atoms with Gasteiger partial charge in [-0.1, -0.05) is 29.8 Å². The van der Waals surface area contributed by atoms with Crippen LogP contribution in [-0.2, 0) is 6.42 Å². The first-order valence-corrected chi connectivity index (χ1v) is 6.15. The predicted octanol–water partition coefficient (Wildman–Crippen LogP) is 2.26. The van der Waals surface area contributed by atoms with E-state index in [2.05, 4.69) is 4.98 Å². The number of nitrogens with zero attached hydrogens (tertiary/aromatic N) is 1. The highest BCUT2D eigenvalue weighted by Gasteiger charge is 2.05. The number of pyridine rings is 1. The zero-order chi connectivity index (χ0) is 13.0. The Morgan fingerprint density at radius 3 is 2.56 bits per heavy atom. The van der Waals surface area contributed by atoms with E-state index in [1.54, 1.807) is 0 Å². The van der Waals surface area contributed by atoms with Crippen molar-refractivity contribution < 1.29 is 5.11 Å². The minimum Gasteiger partial charge on any atom is -0.395 e. The molecule has 3 nitrogen and oxygen atoms in total. The normalized spacial score (nSPS) is 12.4. The van der Waals surface area contributed by atoms with Gasteiger partial charge in [-0.15, -0.1) is 0 Å². The van der Waals surface area contributed by atoms with Crippen LogP contribution in [0.4, 0.5) is 0 Å². The summed E-state index contributed by atoms with van der Waals surface area (Å²) in [4.78, 5) is 4.53. The van der Waals surface area contributed by atoms with Gasteiger partial charge in [0.05, 0.1) is 12.3 Å². The maximum atomic E-state index is 8.95. The number of halogens is 1. The van der Waals surface area contributed by atoms with E-state index in [1.165, 1.54) is 0 Å². The third-order valence-electron chi connectivity index (χ3n) is 2.65. The van der Waals surface area contributed by atoms with Gasteiger partial charge in [-0.3, -0.25) is 4.98 Å². The molecule has 0 saturated heterocycles. The molecule has 0 radical (unpaired) electrons. The van der Waals surface area contributed by atoms with Gasteiger partial charge in [-0.2, -0.15) is 0 Å². The second-order valence-corrected chi connectivity index (χ2v) is 4.60. The van der Waals surface area contributed by atoms with Gasteiger partial charge >= 0.3 is 0 Å². The van der Waals surface area contributed by atoms with Crippen LogP contribution >= 0.6 is 11.6 Å². The van der Waals surface area contributed by atoms with Crippen LogP contribution in [0.1, 0.15) is 5.69 Å². The molecule has 18 heavy (non-hydrogen) atoms. The fourth-order valence-corrected chi connectivity index (χ4v) is 1.83. The Morgan fingerprint density at radius 1 is 1.17 bits per heavy atom. The molecular weight excluding hydrogens is 248 g/mol.